The summed E-state index contributed by atoms with van der Waals surface area (Å²) in [5, 5.41) is 5.09. The largest absolute Gasteiger partial charge is 0.376 e. The van der Waals surface area contributed by atoms with Gasteiger partial charge in [-0.25, -0.2) is 0 Å². The SMILES string of the molecule is CC1(C)Cc2ccc(Cl)cc2C1Nc1ccc(Br)cc1Cl. The summed E-state index contributed by atoms with van der Waals surface area (Å²) in [7, 11) is 0. The summed E-state index contributed by atoms with van der Waals surface area (Å²) in [5.74, 6) is 0. The molecule has 0 saturated heterocycles. The predicted molar refractivity (Wildman–Crippen MR) is 94.5 cm³/mol. The van der Waals surface area contributed by atoms with E-state index in [0.717, 1.165) is 26.6 Å². The van der Waals surface area contributed by atoms with Crippen LogP contribution in [0.3, 0.4) is 0 Å². The highest BCUT2D eigenvalue weighted by molar-refractivity contribution is 9.10. The van der Waals surface area contributed by atoms with E-state index in [-0.39, 0.29) is 11.5 Å². The van der Waals surface area contributed by atoms with Crippen molar-refractivity contribution >= 4 is 44.8 Å². The molecule has 0 spiro atoms. The number of benzene rings is 2. The van der Waals surface area contributed by atoms with Crippen molar-refractivity contribution in [3.63, 3.8) is 0 Å². The summed E-state index contributed by atoms with van der Waals surface area (Å²) in [6.07, 6.45) is 1.03. The van der Waals surface area contributed by atoms with Gasteiger partial charge in [-0.1, -0.05) is 59.0 Å². The Balaban J connectivity index is 1.99. The molecule has 0 radical (unpaired) electrons. The van der Waals surface area contributed by atoms with Crippen molar-refractivity contribution in [2.45, 2.75) is 26.3 Å². The van der Waals surface area contributed by atoms with Crippen molar-refractivity contribution in [2.75, 3.05) is 5.32 Å². The lowest BCUT2D eigenvalue weighted by molar-refractivity contribution is 0.337. The highest BCUT2D eigenvalue weighted by atomic mass is 79.9. The summed E-state index contributed by atoms with van der Waals surface area (Å²) in [4.78, 5) is 0. The zero-order valence-corrected chi connectivity index (χ0v) is 15.0. The third-order valence-corrected chi connectivity index (χ3v) is 5.12. The van der Waals surface area contributed by atoms with Crippen molar-refractivity contribution in [1.29, 1.82) is 0 Å². The molecule has 2 aromatic carbocycles. The van der Waals surface area contributed by atoms with Crippen LogP contribution in [0.15, 0.2) is 40.9 Å². The molecule has 1 aliphatic rings. The quantitative estimate of drug-likeness (QED) is 0.623. The highest BCUT2D eigenvalue weighted by Crippen LogP contribution is 2.48. The number of halogens is 3. The van der Waals surface area contributed by atoms with Crippen molar-refractivity contribution in [3.8, 4) is 0 Å². The lowest BCUT2D eigenvalue weighted by Crippen LogP contribution is -2.24. The highest BCUT2D eigenvalue weighted by Gasteiger charge is 2.39. The minimum atomic E-state index is 0.115. The smallest absolute Gasteiger partial charge is 0.0648 e. The standard InChI is InChI=1S/C17H16BrCl2N/c1-17(2)9-10-3-5-12(19)8-13(10)16(17)21-15-6-4-11(18)7-14(15)20/h3-8,16,21H,9H2,1-2H3. The Labute approximate surface area is 143 Å². The van der Waals surface area contributed by atoms with Gasteiger partial charge in [0, 0.05) is 9.50 Å². The van der Waals surface area contributed by atoms with Crippen molar-refractivity contribution in [3.05, 3.63) is 62.0 Å². The molecule has 0 aromatic heterocycles. The van der Waals surface area contributed by atoms with Gasteiger partial charge in [0.2, 0.25) is 0 Å². The van der Waals surface area contributed by atoms with Crippen LogP contribution in [0, 0.1) is 5.41 Å². The minimum absolute atomic E-state index is 0.115. The van der Waals surface area contributed by atoms with Gasteiger partial charge in [0.15, 0.2) is 0 Å². The molecule has 0 heterocycles. The zero-order valence-electron chi connectivity index (χ0n) is 11.9. The monoisotopic (exact) mass is 383 g/mol. The number of anilines is 1. The van der Waals surface area contributed by atoms with Gasteiger partial charge < -0.3 is 5.32 Å². The van der Waals surface area contributed by atoms with Crippen LogP contribution in [0.1, 0.15) is 31.0 Å². The van der Waals surface area contributed by atoms with Crippen molar-refractivity contribution in [1.82, 2.24) is 0 Å². The fraction of sp³-hybridized carbons (Fsp3) is 0.294. The van der Waals surface area contributed by atoms with Crippen LogP contribution in [-0.2, 0) is 6.42 Å². The van der Waals surface area contributed by atoms with Gasteiger partial charge in [-0.3, -0.25) is 0 Å². The third-order valence-electron chi connectivity index (χ3n) is 4.08. The van der Waals surface area contributed by atoms with Gasteiger partial charge in [0.25, 0.3) is 0 Å². The van der Waals surface area contributed by atoms with E-state index in [1.54, 1.807) is 0 Å². The number of fused-ring (bicyclic) bond motifs is 1. The van der Waals surface area contributed by atoms with Crippen LogP contribution in [-0.4, -0.2) is 0 Å². The molecule has 21 heavy (non-hydrogen) atoms. The molecule has 1 aliphatic carbocycles. The molecule has 0 aliphatic heterocycles. The van der Waals surface area contributed by atoms with Gasteiger partial charge in [-0.15, -0.1) is 0 Å². The molecule has 0 fully saturated rings. The van der Waals surface area contributed by atoms with E-state index in [2.05, 4.69) is 47.2 Å². The average Bonchev–Trinajstić information content (AvgIpc) is 2.63. The van der Waals surface area contributed by atoms with E-state index in [1.165, 1.54) is 11.1 Å². The van der Waals surface area contributed by atoms with E-state index in [1.807, 2.05) is 24.3 Å². The first-order valence-corrected chi connectivity index (χ1v) is 8.42. The van der Waals surface area contributed by atoms with E-state index >= 15 is 0 Å². The molecule has 0 bridgehead atoms. The van der Waals surface area contributed by atoms with Gasteiger partial charge in [-0.05, 0) is 53.3 Å². The fourth-order valence-corrected chi connectivity index (χ4v) is 3.95. The Kier molecular flexibility index (Phi) is 3.98. The van der Waals surface area contributed by atoms with E-state index in [4.69, 9.17) is 23.2 Å². The summed E-state index contributed by atoms with van der Waals surface area (Å²) < 4.78 is 0.979. The molecule has 2 aromatic rings. The Bertz CT molecular complexity index is 697. The Morgan fingerprint density at radius 2 is 1.90 bits per heavy atom. The van der Waals surface area contributed by atoms with Crippen LogP contribution < -0.4 is 5.32 Å². The molecule has 3 rings (SSSR count). The Morgan fingerprint density at radius 1 is 1.14 bits per heavy atom. The second kappa shape index (κ2) is 5.49. The molecule has 0 saturated carbocycles. The zero-order chi connectivity index (χ0) is 15.2. The summed E-state index contributed by atoms with van der Waals surface area (Å²) in [6.45, 7) is 4.54. The molecular formula is C17H16BrCl2N. The first kappa shape index (κ1) is 15.2. The number of hydrogen-bond acceptors (Lipinski definition) is 1. The third kappa shape index (κ3) is 2.94. The van der Waals surface area contributed by atoms with Crippen molar-refractivity contribution in [2.24, 2.45) is 5.41 Å². The Morgan fingerprint density at radius 3 is 2.62 bits per heavy atom. The van der Waals surface area contributed by atoms with Crippen LogP contribution in [0.2, 0.25) is 10.0 Å². The predicted octanol–water partition coefficient (Wildman–Crippen LogP) is 6.49. The minimum Gasteiger partial charge on any atom is -0.376 e. The molecule has 1 N–H and O–H groups in total. The molecular weight excluding hydrogens is 369 g/mol. The molecule has 0 amide bonds. The molecule has 4 heteroatoms. The first-order valence-electron chi connectivity index (χ1n) is 6.87. The summed E-state index contributed by atoms with van der Waals surface area (Å²) in [6, 6.07) is 12.3. The van der Waals surface area contributed by atoms with Crippen LogP contribution >= 0.6 is 39.1 Å². The molecule has 1 unspecified atom stereocenters. The maximum absolute atomic E-state index is 6.34. The lowest BCUT2D eigenvalue weighted by Gasteiger charge is -2.30. The van der Waals surface area contributed by atoms with E-state index in [0.29, 0.717) is 0 Å². The van der Waals surface area contributed by atoms with Gasteiger partial charge in [0.05, 0.1) is 16.8 Å². The van der Waals surface area contributed by atoms with Crippen LogP contribution in [0.4, 0.5) is 5.69 Å². The first-order chi connectivity index (χ1) is 9.87. The second-order valence-corrected chi connectivity index (χ2v) is 7.97. The van der Waals surface area contributed by atoms with E-state index in [9.17, 15) is 0 Å². The number of hydrogen-bond donors (Lipinski definition) is 1. The van der Waals surface area contributed by atoms with Gasteiger partial charge in [-0.2, -0.15) is 0 Å². The van der Waals surface area contributed by atoms with Gasteiger partial charge >= 0.3 is 0 Å². The number of rotatable bonds is 2. The maximum atomic E-state index is 6.34. The molecule has 110 valence electrons. The van der Waals surface area contributed by atoms with Crippen molar-refractivity contribution < 1.29 is 0 Å². The maximum Gasteiger partial charge on any atom is 0.0648 e. The normalized spacial score (nSPS) is 19.4. The van der Waals surface area contributed by atoms with Crippen LogP contribution in [0.25, 0.3) is 0 Å². The molecule has 1 nitrogen and oxygen atoms in total. The average molecular weight is 385 g/mol. The summed E-state index contributed by atoms with van der Waals surface area (Å²) in [5.41, 5.74) is 3.69. The fourth-order valence-electron chi connectivity index (χ4n) is 3.04. The Hall–Kier alpha value is -0.700. The lowest BCUT2D eigenvalue weighted by atomic mass is 9.85. The van der Waals surface area contributed by atoms with E-state index < -0.39 is 0 Å². The summed E-state index contributed by atoms with van der Waals surface area (Å²) >= 11 is 16.0. The topological polar surface area (TPSA) is 12.0 Å². The molecule has 1 atom stereocenters. The van der Waals surface area contributed by atoms with Crippen LogP contribution in [0.5, 0.6) is 0 Å². The second-order valence-electron chi connectivity index (χ2n) is 6.21. The number of nitrogens with one attached hydrogen (secondary N) is 1. The van der Waals surface area contributed by atoms with Gasteiger partial charge in [0.1, 0.15) is 0 Å².